The predicted molar refractivity (Wildman–Crippen MR) is 105 cm³/mol. The molecule has 0 amide bonds. The van der Waals surface area contributed by atoms with Crippen molar-refractivity contribution in [2.45, 2.75) is 25.6 Å². The van der Waals surface area contributed by atoms with Crippen molar-refractivity contribution in [3.8, 4) is 5.75 Å². The van der Waals surface area contributed by atoms with Gasteiger partial charge in [-0.3, -0.25) is 4.90 Å². The highest BCUT2D eigenvalue weighted by Gasteiger charge is 2.31. The summed E-state index contributed by atoms with van der Waals surface area (Å²) in [5.74, 6) is 1.28. The quantitative estimate of drug-likeness (QED) is 0.793. The Bertz CT molecular complexity index is 783. The van der Waals surface area contributed by atoms with E-state index in [1.807, 2.05) is 36.1 Å². The van der Waals surface area contributed by atoms with Crippen molar-refractivity contribution in [3.63, 3.8) is 0 Å². The van der Waals surface area contributed by atoms with E-state index in [9.17, 15) is 18.3 Å². The lowest BCUT2D eigenvalue weighted by atomic mass is 10.2. The number of ether oxygens (including phenoxy) is 1. The number of rotatable bonds is 6. The van der Waals surface area contributed by atoms with Crippen LogP contribution in [0.3, 0.4) is 0 Å². The van der Waals surface area contributed by atoms with Crippen molar-refractivity contribution in [1.29, 1.82) is 0 Å². The van der Waals surface area contributed by atoms with Gasteiger partial charge in [0.15, 0.2) is 0 Å². The van der Waals surface area contributed by atoms with E-state index in [1.54, 1.807) is 0 Å². The number of anilines is 1. The van der Waals surface area contributed by atoms with Gasteiger partial charge in [-0.25, -0.2) is 4.98 Å². The summed E-state index contributed by atoms with van der Waals surface area (Å²) in [6.07, 6.45) is -3.28. The normalized spacial score (nSPS) is 17.1. The summed E-state index contributed by atoms with van der Waals surface area (Å²) in [5, 5.41) is 10.3. The zero-order valence-electron chi connectivity index (χ0n) is 16.4. The maximum atomic E-state index is 12.7. The molecule has 0 unspecified atom stereocenters. The summed E-state index contributed by atoms with van der Waals surface area (Å²) >= 11 is 0. The highest BCUT2D eigenvalue weighted by Crippen LogP contribution is 2.29. The molecular formula is C21H26F3N3O2. The fraction of sp³-hybridized carbons (Fsp3) is 0.476. The van der Waals surface area contributed by atoms with Gasteiger partial charge in [-0.05, 0) is 49.7 Å². The summed E-state index contributed by atoms with van der Waals surface area (Å²) < 4.78 is 43.8. The van der Waals surface area contributed by atoms with E-state index in [4.69, 9.17) is 4.74 Å². The molecule has 0 saturated carbocycles. The van der Waals surface area contributed by atoms with Crippen molar-refractivity contribution in [2.75, 3.05) is 44.2 Å². The second-order valence-electron chi connectivity index (χ2n) is 7.33. The first-order valence-electron chi connectivity index (χ1n) is 9.69. The van der Waals surface area contributed by atoms with E-state index in [2.05, 4.69) is 9.88 Å². The molecule has 8 heteroatoms. The maximum absolute atomic E-state index is 12.7. The third-order valence-corrected chi connectivity index (χ3v) is 4.89. The number of alkyl halides is 3. The average Bonchev–Trinajstić information content (AvgIpc) is 2.91. The molecule has 29 heavy (non-hydrogen) atoms. The molecule has 158 valence electrons. The number of nitrogens with zero attached hydrogens (tertiary/aromatic N) is 3. The minimum Gasteiger partial charge on any atom is -0.491 e. The van der Waals surface area contributed by atoms with Gasteiger partial charge in [0.05, 0.1) is 5.56 Å². The number of pyridine rings is 1. The second kappa shape index (κ2) is 9.45. The van der Waals surface area contributed by atoms with Crippen LogP contribution in [0.15, 0.2) is 42.6 Å². The predicted octanol–water partition coefficient (Wildman–Crippen LogP) is 3.36. The maximum Gasteiger partial charge on any atom is 0.417 e. The fourth-order valence-electron chi connectivity index (χ4n) is 3.37. The molecule has 1 aliphatic rings. The molecule has 2 heterocycles. The summed E-state index contributed by atoms with van der Waals surface area (Å²) in [6.45, 7) is 5.54. The third-order valence-electron chi connectivity index (χ3n) is 4.89. The Morgan fingerprint density at radius 3 is 2.66 bits per heavy atom. The van der Waals surface area contributed by atoms with Crippen LogP contribution in [0.5, 0.6) is 5.75 Å². The molecule has 0 bridgehead atoms. The van der Waals surface area contributed by atoms with Crippen molar-refractivity contribution in [3.05, 3.63) is 53.7 Å². The smallest absolute Gasteiger partial charge is 0.417 e. The zero-order valence-corrected chi connectivity index (χ0v) is 16.4. The Balaban J connectivity index is 1.48. The van der Waals surface area contributed by atoms with Gasteiger partial charge in [-0.15, -0.1) is 0 Å². The monoisotopic (exact) mass is 409 g/mol. The van der Waals surface area contributed by atoms with Crippen LogP contribution < -0.4 is 9.64 Å². The number of benzene rings is 1. The molecule has 3 rings (SSSR count). The minimum atomic E-state index is -4.38. The molecular weight excluding hydrogens is 383 g/mol. The van der Waals surface area contributed by atoms with Crippen molar-refractivity contribution in [2.24, 2.45) is 0 Å². The average molecular weight is 409 g/mol. The van der Waals surface area contributed by atoms with Crippen LogP contribution in [0.2, 0.25) is 0 Å². The van der Waals surface area contributed by atoms with Gasteiger partial charge in [0.25, 0.3) is 0 Å². The largest absolute Gasteiger partial charge is 0.491 e. The first-order chi connectivity index (χ1) is 13.8. The Labute approximate surface area is 168 Å². The SMILES string of the molecule is Cc1cccc(OC[C@@H](O)CN2CCCN(c3ccc(C(F)(F)F)cn3)CC2)c1. The molecule has 2 aromatic rings. The van der Waals surface area contributed by atoms with Crippen LogP contribution in [0, 0.1) is 6.92 Å². The number of hydrogen-bond acceptors (Lipinski definition) is 5. The molecule has 0 spiro atoms. The van der Waals surface area contributed by atoms with Gasteiger partial charge in [0, 0.05) is 32.4 Å². The standard InChI is InChI=1S/C21H26F3N3O2/c1-16-4-2-5-19(12-16)29-15-18(28)14-26-8-3-9-27(11-10-26)20-7-6-17(13-25-20)21(22,23)24/h2,4-7,12-13,18,28H,3,8-11,14-15H2,1H3/t18-/m0/s1. The van der Waals surface area contributed by atoms with Gasteiger partial charge in [0.2, 0.25) is 0 Å². The number of aryl methyl sites for hydroxylation is 1. The topological polar surface area (TPSA) is 48.8 Å². The Hall–Kier alpha value is -2.32. The summed E-state index contributed by atoms with van der Waals surface area (Å²) in [6, 6.07) is 10.2. The van der Waals surface area contributed by atoms with Crippen molar-refractivity contribution < 1.29 is 23.0 Å². The van der Waals surface area contributed by atoms with Gasteiger partial charge in [0.1, 0.15) is 24.3 Å². The van der Waals surface area contributed by atoms with Gasteiger partial charge in [-0.1, -0.05) is 12.1 Å². The van der Waals surface area contributed by atoms with E-state index in [-0.39, 0.29) is 6.61 Å². The van der Waals surface area contributed by atoms with Crippen LogP contribution in [-0.4, -0.2) is 60.4 Å². The molecule has 1 N–H and O–H groups in total. The molecule has 5 nitrogen and oxygen atoms in total. The molecule has 1 aliphatic heterocycles. The van der Waals surface area contributed by atoms with Crippen LogP contribution >= 0.6 is 0 Å². The zero-order chi connectivity index (χ0) is 20.9. The van der Waals surface area contributed by atoms with E-state index >= 15 is 0 Å². The number of aliphatic hydroxyl groups excluding tert-OH is 1. The molecule has 0 radical (unpaired) electrons. The minimum absolute atomic E-state index is 0.212. The lowest BCUT2D eigenvalue weighted by Crippen LogP contribution is -2.38. The third kappa shape index (κ3) is 6.33. The fourth-order valence-corrected chi connectivity index (χ4v) is 3.37. The van der Waals surface area contributed by atoms with Crippen LogP contribution in [0.1, 0.15) is 17.5 Å². The van der Waals surface area contributed by atoms with E-state index in [0.29, 0.717) is 32.0 Å². The van der Waals surface area contributed by atoms with Crippen molar-refractivity contribution in [1.82, 2.24) is 9.88 Å². The molecule has 1 fully saturated rings. The molecule has 1 saturated heterocycles. The molecule has 1 aromatic heterocycles. The Morgan fingerprint density at radius 1 is 1.14 bits per heavy atom. The van der Waals surface area contributed by atoms with Crippen LogP contribution in [0.25, 0.3) is 0 Å². The second-order valence-corrected chi connectivity index (χ2v) is 7.33. The van der Waals surface area contributed by atoms with Gasteiger partial charge >= 0.3 is 6.18 Å². The molecule has 1 aromatic carbocycles. The Kier molecular flexibility index (Phi) is 6.97. The van der Waals surface area contributed by atoms with Crippen molar-refractivity contribution >= 4 is 5.82 Å². The Morgan fingerprint density at radius 2 is 1.97 bits per heavy atom. The lowest BCUT2D eigenvalue weighted by molar-refractivity contribution is -0.137. The number of aromatic nitrogens is 1. The molecule has 0 aliphatic carbocycles. The number of hydrogen-bond donors (Lipinski definition) is 1. The van der Waals surface area contributed by atoms with Gasteiger partial charge < -0.3 is 14.7 Å². The summed E-state index contributed by atoms with van der Waals surface area (Å²) in [5.41, 5.74) is 0.357. The number of halogens is 3. The van der Waals surface area contributed by atoms with E-state index in [0.717, 1.165) is 36.5 Å². The first-order valence-corrected chi connectivity index (χ1v) is 9.69. The van der Waals surface area contributed by atoms with Crippen LogP contribution in [0.4, 0.5) is 19.0 Å². The highest BCUT2D eigenvalue weighted by molar-refractivity contribution is 5.40. The lowest BCUT2D eigenvalue weighted by Gasteiger charge is -2.24. The van der Waals surface area contributed by atoms with Gasteiger partial charge in [-0.2, -0.15) is 13.2 Å². The highest BCUT2D eigenvalue weighted by atomic mass is 19.4. The number of aliphatic hydroxyl groups is 1. The summed E-state index contributed by atoms with van der Waals surface area (Å²) in [4.78, 5) is 8.11. The van der Waals surface area contributed by atoms with E-state index in [1.165, 1.54) is 6.07 Å². The summed E-state index contributed by atoms with van der Waals surface area (Å²) in [7, 11) is 0. The van der Waals surface area contributed by atoms with Crippen LogP contribution in [-0.2, 0) is 6.18 Å². The first kappa shape index (κ1) is 21.4. The van der Waals surface area contributed by atoms with E-state index < -0.39 is 17.8 Å². The molecule has 1 atom stereocenters. The number of β-amino-alcohol motifs (C(OH)–C–C–N with tert-alkyl or cyclic N) is 1.